The highest BCUT2D eigenvalue weighted by Gasteiger charge is 2.21. The fourth-order valence-corrected chi connectivity index (χ4v) is 3.81. The molecule has 0 radical (unpaired) electrons. The van der Waals surface area contributed by atoms with E-state index in [0.29, 0.717) is 23.5 Å². The highest BCUT2D eigenvalue weighted by molar-refractivity contribution is 5.97. The number of aromatic amines is 1. The van der Waals surface area contributed by atoms with Crippen LogP contribution in [0.25, 0.3) is 11.2 Å². The summed E-state index contributed by atoms with van der Waals surface area (Å²) >= 11 is 0. The van der Waals surface area contributed by atoms with Gasteiger partial charge in [-0.15, -0.1) is 0 Å². The highest BCUT2D eigenvalue weighted by Crippen LogP contribution is 2.27. The van der Waals surface area contributed by atoms with Gasteiger partial charge >= 0.3 is 11.9 Å². The smallest absolute Gasteiger partial charge is 0.326 e. The first-order valence-electron chi connectivity index (χ1n) is 13.3. The quantitative estimate of drug-likeness (QED) is 0.0949. The van der Waals surface area contributed by atoms with Gasteiger partial charge in [-0.3, -0.25) is 19.4 Å². The lowest BCUT2D eigenvalue weighted by molar-refractivity contribution is -0.140. The summed E-state index contributed by atoms with van der Waals surface area (Å²) < 4.78 is 0. The predicted octanol–water partition coefficient (Wildman–Crippen LogP) is 0.306. The molecule has 2 aromatic carbocycles. The average molecular weight is 625 g/mol. The summed E-state index contributed by atoms with van der Waals surface area (Å²) in [6, 6.07) is 9.12. The lowest BCUT2D eigenvalue weighted by Crippen LogP contribution is -2.41. The second-order valence-corrected chi connectivity index (χ2v) is 9.53. The molecule has 2 heterocycles. The Kier molecular flexibility index (Phi) is 11.7. The van der Waals surface area contributed by atoms with E-state index in [2.05, 4.69) is 35.9 Å². The standard InChI is InChI=1S/C19H19N7O6.C9H13NO3/c20-19-25-15-14(17(30)26-19)23-11(8-22-15)7-21-10-3-1-9(2-4-10)16(29)24-12(18(31)32)5-6-13(27)28;1-10-5-9(13)6-2-3-7(11)8(12)4-6/h1-4,8,12,21H,5-7H2,(H,24,29)(H,27,28)(H,31,32)(H3,20,22,25,26,30);2-4,9-13H,5H2,1H3. The largest absolute Gasteiger partial charge is 0.504 e. The fraction of sp³-hybridized carbons (Fsp3) is 0.250. The molecular formula is C28H32N8O9. The zero-order valence-electron chi connectivity index (χ0n) is 23.9. The van der Waals surface area contributed by atoms with E-state index in [1.54, 1.807) is 25.2 Å². The number of phenolic OH excluding ortho intramolecular Hbond substituents is 2. The van der Waals surface area contributed by atoms with Crippen LogP contribution < -0.4 is 27.2 Å². The van der Waals surface area contributed by atoms with Gasteiger partial charge in [0.2, 0.25) is 5.95 Å². The summed E-state index contributed by atoms with van der Waals surface area (Å²) in [7, 11) is 1.73. The number of H-pyrrole nitrogens is 1. The number of phenols is 2. The Bertz CT molecular complexity index is 1710. The van der Waals surface area contributed by atoms with Crippen LogP contribution >= 0.6 is 0 Å². The van der Waals surface area contributed by atoms with Crippen molar-refractivity contribution in [3.8, 4) is 11.5 Å². The van der Waals surface area contributed by atoms with Crippen molar-refractivity contribution in [3.63, 3.8) is 0 Å². The molecule has 17 heteroatoms. The molecule has 4 rings (SSSR count). The number of carboxylic acids is 2. The molecule has 11 N–H and O–H groups in total. The molecule has 0 fully saturated rings. The number of carboxylic acid groups (broad SMARTS) is 2. The maximum atomic E-state index is 12.3. The van der Waals surface area contributed by atoms with Crippen LogP contribution in [0.1, 0.15) is 40.6 Å². The number of likely N-dealkylation sites (N-methyl/N-ethyl adjacent to an activating group) is 1. The van der Waals surface area contributed by atoms with Crippen molar-refractivity contribution >= 4 is 40.6 Å². The third-order valence-corrected chi connectivity index (χ3v) is 6.14. The van der Waals surface area contributed by atoms with E-state index in [1.165, 1.54) is 30.5 Å². The minimum Gasteiger partial charge on any atom is -0.504 e. The number of nitrogens with zero attached hydrogens (tertiary/aromatic N) is 3. The van der Waals surface area contributed by atoms with Crippen molar-refractivity contribution in [2.45, 2.75) is 31.5 Å². The summed E-state index contributed by atoms with van der Waals surface area (Å²) in [5.74, 6) is -3.55. The van der Waals surface area contributed by atoms with Crippen LogP contribution in [-0.2, 0) is 16.1 Å². The van der Waals surface area contributed by atoms with E-state index in [4.69, 9.17) is 26.2 Å². The molecule has 17 nitrogen and oxygen atoms in total. The van der Waals surface area contributed by atoms with Crippen LogP contribution in [0.15, 0.2) is 53.5 Å². The number of hydrogen-bond donors (Lipinski definition) is 10. The van der Waals surface area contributed by atoms with E-state index >= 15 is 0 Å². The van der Waals surface area contributed by atoms with Gasteiger partial charge in [0, 0.05) is 24.2 Å². The molecule has 0 saturated carbocycles. The van der Waals surface area contributed by atoms with Crippen molar-refractivity contribution in [2.24, 2.45) is 0 Å². The van der Waals surface area contributed by atoms with Gasteiger partial charge in [-0.1, -0.05) is 6.07 Å². The number of aliphatic hydroxyl groups is 1. The second kappa shape index (κ2) is 15.6. The Hall–Kier alpha value is -5.81. The third kappa shape index (κ3) is 9.87. The fourth-order valence-electron chi connectivity index (χ4n) is 3.81. The van der Waals surface area contributed by atoms with Crippen LogP contribution in [0.4, 0.5) is 11.6 Å². The molecular weight excluding hydrogens is 592 g/mol. The zero-order chi connectivity index (χ0) is 33.1. The number of carbonyl (C=O) groups is 3. The summed E-state index contributed by atoms with van der Waals surface area (Å²) in [6.45, 7) is 0.638. The average Bonchev–Trinajstić information content (AvgIpc) is 3.00. The number of nitrogen functional groups attached to an aromatic ring is 1. The highest BCUT2D eigenvalue weighted by atomic mass is 16.4. The Morgan fingerprint density at radius 1 is 1.02 bits per heavy atom. The van der Waals surface area contributed by atoms with E-state index in [-0.39, 0.29) is 53.6 Å². The summed E-state index contributed by atoms with van der Waals surface area (Å²) in [4.78, 5) is 60.6. The Morgan fingerprint density at radius 3 is 2.36 bits per heavy atom. The van der Waals surface area contributed by atoms with Gasteiger partial charge in [-0.25, -0.2) is 14.8 Å². The molecule has 0 aliphatic rings. The molecule has 1 amide bonds. The summed E-state index contributed by atoms with van der Waals surface area (Å²) in [6.07, 6.45) is 0.170. The normalized spacial score (nSPS) is 12.0. The van der Waals surface area contributed by atoms with Crippen LogP contribution in [0.5, 0.6) is 11.5 Å². The van der Waals surface area contributed by atoms with Gasteiger partial charge < -0.3 is 47.2 Å². The zero-order valence-corrected chi connectivity index (χ0v) is 23.9. The molecule has 0 aliphatic carbocycles. The summed E-state index contributed by atoms with van der Waals surface area (Å²) in [5, 5.41) is 53.6. The first-order valence-corrected chi connectivity index (χ1v) is 13.3. The van der Waals surface area contributed by atoms with Crippen LogP contribution in [0.3, 0.4) is 0 Å². The number of amides is 1. The van der Waals surface area contributed by atoms with Gasteiger partial charge in [-0.2, -0.15) is 4.98 Å². The maximum absolute atomic E-state index is 12.3. The number of fused-ring (bicyclic) bond motifs is 1. The first-order chi connectivity index (χ1) is 21.4. The van der Waals surface area contributed by atoms with Crippen molar-refractivity contribution < 1.29 is 39.9 Å². The maximum Gasteiger partial charge on any atom is 0.326 e. The van der Waals surface area contributed by atoms with Crippen LogP contribution in [0, 0.1) is 0 Å². The number of rotatable bonds is 12. The van der Waals surface area contributed by atoms with E-state index in [0.717, 1.165) is 0 Å². The molecule has 0 saturated heterocycles. The Balaban J connectivity index is 0.000000355. The van der Waals surface area contributed by atoms with E-state index in [1.807, 2.05) is 0 Å². The number of aromatic hydroxyl groups is 2. The monoisotopic (exact) mass is 624 g/mol. The second-order valence-electron chi connectivity index (χ2n) is 9.53. The molecule has 0 bridgehead atoms. The minimum absolute atomic E-state index is 0.0524. The first kappa shape index (κ1) is 33.7. The van der Waals surface area contributed by atoms with Crippen molar-refractivity contribution in [2.75, 3.05) is 24.6 Å². The van der Waals surface area contributed by atoms with E-state index < -0.39 is 35.6 Å². The number of anilines is 2. The molecule has 4 aromatic rings. The molecule has 45 heavy (non-hydrogen) atoms. The van der Waals surface area contributed by atoms with Gasteiger partial charge in [0.05, 0.1) is 24.5 Å². The lowest BCUT2D eigenvalue weighted by atomic mass is 10.1. The SMILES string of the molecule is CNCC(O)c1ccc(O)c(O)c1.Nc1nc2ncc(CNc3ccc(C(=O)NC(CCC(=O)O)C(=O)O)cc3)nc2c(=O)[nH]1. The lowest BCUT2D eigenvalue weighted by Gasteiger charge is -2.14. The molecule has 2 atom stereocenters. The topological polar surface area (TPSA) is 286 Å². The third-order valence-electron chi connectivity index (χ3n) is 6.14. The van der Waals surface area contributed by atoms with Crippen molar-refractivity contribution in [1.82, 2.24) is 30.6 Å². The van der Waals surface area contributed by atoms with Gasteiger partial charge in [0.25, 0.3) is 11.5 Å². The Morgan fingerprint density at radius 2 is 1.73 bits per heavy atom. The van der Waals surface area contributed by atoms with E-state index in [9.17, 15) is 24.3 Å². The Labute approximate surface area is 254 Å². The molecule has 2 aromatic heterocycles. The van der Waals surface area contributed by atoms with Gasteiger partial charge in [0.15, 0.2) is 22.7 Å². The minimum atomic E-state index is -1.31. The van der Waals surface area contributed by atoms with Crippen LogP contribution in [-0.4, -0.2) is 82.9 Å². The number of benzene rings is 2. The number of carbonyl (C=O) groups excluding carboxylic acids is 1. The number of aromatic nitrogens is 4. The molecule has 0 spiro atoms. The van der Waals surface area contributed by atoms with Crippen LogP contribution in [0.2, 0.25) is 0 Å². The van der Waals surface area contributed by atoms with Crippen molar-refractivity contribution in [3.05, 3.63) is 75.8 Å². The number of hydrogen-bond acceptors (Lipinski definition) is 13. The van der Waals surface area contributed by atoms with Gasteiger partial charge in [-0.05, 0) is 55.4 Å². The molecule has 0 aliphatic heterocycles. The van der Waals surface area contributed by atoms with Crippen molar-refractivity contribution in [1.29, 1.82) is 0 Å². The summed E-state index contributed by atoms with van der Waals surface area (Å²) in [5.41, 5.74) is 7.05. The molecule has 2 unspecified atom stereocenters. The number of nitrogens with one attached hydrogen (secondary N) is 4. The number of nitrogens with two attached hydrogens (primary N) is 1. The van der Waals surface area contributed by atoms with Gasteiger partial charge in [0.1, 0.15) is 6.04 Å². The predicted molar refractivity (Wildman–Crippen MR) is 161 cm³/mol. The number of aliphatic carboxylic acids is 2. The number of aliphatic hydroxyl groups excluding tert-OH is 1. The molecule has 238 valence electrons.